The molecule has 0 bridgehead atoms. The van der Waals surface area contributed by atoms with Crippen molar-refractivity contribution in [2.45, 2.75) is 6.54 Å². The Bertz CT molecular complexity index is 633. The van der Waals surface area contributed by atoms with Crippen molar-refractivity contribution in [2.24, 2.45) is 0 Å². The van der Waals surface area contributed by atoms with E-state index in [1.807, 2.05) is 41.4 Å². The number of carbonyl (C=O) groups excluding carboxylic acids is 1. The Kier molecular flexibility index (Phi) is 5.05. The van der Waals surface area contributed by atoms with Crippen molar-refractivity contribution >= 4 is 5.91 Å². The number of β-amino-alcohol motifs (C(OH)–C–C–N with tert-alkyl or cyclic N) is 1. The fraction of sp³-hybridized carbons (Fsp3) is 0.412. The van der Waals surface area contributed by atoms with E-state index in [9.17, 15) is 4.79 Å². The Hall–Kier alpha value is -2.18. The normalized spacial score (nSPS) is 15.8. The Labute approximate surface area is 135 Å². The van der Waals surface area contributed by atoms with Gasteiger partial charge >= 0.3 is 0 Å². The van der Waals surface area contributed by atoms with Gasteiger partial charge in [0.15, 0.2) is 0 Å². The second-order valence-electron chi connectivity index (χ2n) is 5.77. The molecule has 1 aromatic heterocycles. The number of aliphatic hydroxyl groups excluding tert-OH is 1. The van der Waals surface area contributed by atoms with Gasteiger partial charge in [-0.25, -0.2) is 0 Å². The van der Waals surface area contributed by atoms with E-state index in [1.165, 1.54) is 0 Å². The molecule has 6 heteroatoms. The molecule has 6 nitrogen and oxygen atoms in total. The maximum Gasteiger partial charge on any atom is 0.257 e. The van der Waals surface area contributed by atoms with Gasteiger partial charge in [-0.3, -0.25) is 14.4 Å². The Morgan fingerprint density at radius 2 is 1.87 bits per heavy atom. The standard InChI is InChI=1S/C17H22N4O2/c22-11-10-19-6-8-20(9-7-19)17(23)16-12-18-21(14-16)13-15-4-2-1-3-5-15/h1-5,12,14,22H,6-11,13H2. The fourth-order valence-corrected chi connectivity index (χ4v) is 2.83. The molecule has 1 aromatic carbocycles. The maximum atomic E-state index is 12.5. The highest BCUT2D eigenvalue weighted by Crippen LogP contribution is 2.09. The van der Waals surface area contributed by atoms with E-state index in [2.05, 4.69) is 10.00 Å². The van der Waals surface area contributed by atoms with Gasteiger partial charge in [-0.2, -0.15) is 5.10 Å². The summed E-state index contributed by atoms with van der Waals surface area (Å²) in [4.78, 5) is 16.6. The van der Waals surface area contributed by atoms with Gasteiger partial charge in [0.2, 0.25) is 0 Å². The molecular weight excluding hydrogens is 292 g/mol. The van der Waals surface area contributed by atoms with Crippen molar-refractivity contribution < 1.29 is 9.90 Å². The van der Waals surface area contributed by atoms with Crippen LogP contribution in [0.4, 0.5) is 0 Å². The molecule has 0 unspecified atom stereocenters. The third-order valence-electron chi connectivity index (χ3n) is 4.14. The van der Waals surface area contributed by atoms with Crippen LogP contribution in [0.2, 0.25) is 0 Å². The average molecular weight is 314 g/mol. The zero-order valence-corrected chi connectivity index (χ0v) is 13.1. The smallest absolute Gasteiger partial charge is 0.257 e. The van der Waals surface area contributed by atoms with Crippen molar-refractivity contribution in [3.63, 3.8) is 0 Å². The van der Waals surface area contributed by atoms with E-state index < -0.39 is 0 Å². The fourth-order valence-electron chi connectivity index (χ4n) is 2.83. The zero-order chi connectivity index (χ0) is 16.1. The summed E-state index contributed by atoms with van der Waals surface area (Å²) in [7, 11) is 0. The summed E-state index contributed by atoms with van der Waals surface area (Å²) in [5.74, 6) is 0.0351. The van der Waals surface area contributed by atoms with E-state index in [4.69, 9.17) is 5.11 Å². The van der Waals surface area contributed by atoms with Crippen LogP contribution in [0.3, 0.4) is 0 Å². The monoisotopic (exact) mass is 314 g/mol. The van der Waals surface area contributed by atoms with E-state index in [0.29, 0.717) is 31.7 Å². The third-order valence-corrected chi connectivity index (χ3v) is 4.14. The Morgan fingerprint density at radius 3 is 2.57 bits per heavy atom. The minimum absolute atomic E-state index is 0.0351. The van der Waals surface area contributed by atoms with Crippen LogP contribution in [0, 0.1) is 0 Å². The molecule has 1 fully saturated rings. The van der Waals surface area contributed by atoms with Crippen molar-refractivity contribution in [1.82, 2.24) is 19.6 Å². The van der Waals surface area contributed by atoms with E-state index >= 15 is 0 Å². The summed E-state index contributed by atoms with van der Waals surface area (Å²) in [5, 5.41) is 13.3. The lowest BCUT2D eigenvalue weighted by molar-refractivity contribution is 0.0615. The highest BCUT2D eigenvalue weighted by Gasteiger charge is 2.22. The van der Waals surface area contributed by atoms with Crippen LogP contribution < -0.4 is 0 Å². The highest BCUT2D eigenvalue weighted by atomic mass is 16.3. The lowest BCUT2D eigenvalue weighted by atomic mass is 10.2. The first-order valence-corrected chi connectivity index (χ1v) is 7.95. The predicted molar refractivity (Wildman–Crippen MR) is 87.2 cm³/mol. The third kappa shape index (κ3) is 3.97. The molecule has 3 rings (SSSR count). The van der Waals surface area contributed by atoms with Crippen molar-refractivity contribution in [1.29, 1.82) is 0 Å². The largest absolute Gasteiger partial charge is 0.395 e. The molecule has 0 atom stereocenters. The molecule has 122 valence electrons. The van der Waals surface area contributed by atoms with Crippen LogP contribution in [-0.4, -0.2) is 69.9 Å². The second kappa shape index (κ2) is 7.39. The minimum Gasteiger partial charge on any atom is -0.395 e. The number of hydrogen-bond acceptors (Lipinski definition) is 4. The van der Waals surface area contributed by atoms with Crippen molar-refractivity contribution in [3.05, 3.63) is 53.9 Å². The van der Waals surface area contributed by atoms with Gasteiger partial charge in [-0.05, 0) is 5.56 Å². The molecule has 1 N–H and O–H groups in total. The van der Waals surface area contributed by atoms with Gasteiger partial charge in [-0.1, -0.05) is 30.3 Å². The van der Waals surface area contributed by atoms with Gasteiger partial charge in [0.25, 0.3) is 5.91 Å². The molecule has 1 aliphatic heterocycles. The first kappa shape index (κ1) is 15.7. The number of hydrogen-bond donors (Lipinski definition) is 1. The number of nitrogens with zero attached hydrogens (tertiary/aromatic N) is 4. The first-order valence-electron chi connectivity index (χ1n) is 7.95. The molecule has 1 saturated heterocycles. The molecule has 2 aromatic rings. The quantitative estimate of drug-likeness (QED) is 0.882. The second-order valence-corrected chi connectivity index (χ2v) is 5.77. The highest BCUT2D eigenvalue weighted by molar-refractivity contribution is 5.93. The maximum absolute atomic E-state index is 12.5. The van der Waals surface area contributed by atoms with Crippen LogP contribution in [0.1, 0.15) is 15.9 Å². The molecule has 2 heterocycles. The van der Waals surface area contributed by atoms with Gasteiger partial charge in [0.1, 0.15) is 0 Å². The number of benzene rings is 1. The average Bonchev–Trinajstić information content (AvgIpc) is 3.05. The number of carbonyl (C=O) groups is 1. The number of amides is 1. The first-order chi connectivity index (χ1) is 11.3. The molecular formula is C17H22N4O2. The van der Waals surface area contributed by atoms with Crippen LogP contribution >= 0.6 is 0 Å². The van der Waals surface area contributed by atoms with Gasteiger partial charge in [-0.15, -0.1) is 0 Å². The number of aromatic nitrogens is 2. The molecule has 23 heavy (non-hydrogen) atoms. The lowest BCUT2D eigenvalue weighted by Gasteiger charge is -2.34. The molecule has 1 aliphatic rings. The minimum atomic E-state index is 0.0351. The van der Waals surface area contributed by atoms with Gasteiger partial charge < -0.3 is 10.0 Å². The molecule has 0 saturated carbocycles. The molecule has 0 spiro atoms. The summed E-state index contributed by atoms with van der Waals surface area (Å²) in [6.45, 7) is 4.52. The Balaban J connectivity index is 1.58. The van der Waals surface area contributed by atoms with Crippen LogP contribution in [0.5, 0.6) is 0 Å². The summed E-state index contributed by atoms with van der Waals surface area (Å²) in [6.07, 6.45) is 3.46. The van der Waals surface area contributed by atoms with Crippen molar-refractivity contribution in [2.75, 3.05) is 39.3 Å². The lowest BCUT2D eigenvalue weighted by Crippen LogP contribution is -2.49. The van der Waals surface area contributed by atoms with Gasteiger partial charge in [0, 0.05) is 38.9 Å². The topological polar surface area (TPSA) is 61.6 Å². The molecule has 0 radical (unpaired) electrons. The SMILES string of the molecule is O=C(c1cnn(Cc2ccccc2)c1)N1CCN(CCO)CC1. The number of piperazine rings is 1. The van der Waals surface area contributed by atoms with E-state index in [0.717, 1.165) is 18.7 Å². The van der Waals surface area contributed by atoms with Crippen LogP contribution in [0.15, 0.2) is 42.7 Å². The van der Waals surface area contributed by atoms with E-state index in [1.54, 1.807) is 10.9 Å². The molecule has 0 aliphatic carbocycles. The van der Waals surface area contributed by atoms with Crippen LogP contribution in [-0.2, 0) is 6.54 Å². The number of aliphatic hydroxyl groups is 1. The van der Waals surface area contributed by atoms with Crippen LogP contribution in [0.25, 0.3) is 0 Å². The summed E-state index contributed by atoms with van der Waals surface area (Å²) in [5.41, 5.74) is 1.80. The van der Waals surface area contributed by atoms with E-state index in [-0.39, 0.29) is 12.5 Å². The zero-order valence-electron chi connectivity index (χ0n) is 13.1. The summed E-state index contributed by atoms with van der Waals surface area (Å²) < 4.78 is 1.80. The predicted octanol–water partition coefficient (Wildman–Crippen LogP) is 0.681. The summed E-state index contributed by atoms with van der Waals surface area (Å²) >= 11 is 0. The Morgan fingerprint density at radius 1 is 1.13 bits per heavy atom. The van der Waals surface area contributed by atoms with Gasteiger partial charge in [0.05, 0.1) is 24.9 Å². The molecule has 1 amide bonds. The number of rotatable bonds is 5. The summed E-state index contributed by atoms with van der Waals surface area (Å²) in [6, 6.07) is 10.1. The van der Waals surface area contributed by atoms with Crippen molar-refractivity contribution in [3.8, 4) is 0 Å².